The molecule has 17 heavy (non-hydrogen) atoms. The van der Waals surface area contributed by atoms with Gasteiger partial charge in [-0.15, -0.1) is 0 Å². The molecule has 1 amide bonds. The molecule has 1 aromatic rings. The summed E-state index contributed by atoms with van der Waals surface area (Å²) >= 11 is 0. The minimum atomic E-state index is -0.151. The van der Waals surface area contributed by atoms with Crippen molar-refractivity contribution in [3.05, 3.63) is 18.5 Å². The lowest BCUT2D eigenvalue weighted by Crippen LogP contribution is -2.43. The standard InChI is InChI=1S/C12H22N4O/c1-3-4-6-14-12(17)11(2)13-8-10-16-9-5-7-15-16/h5,7,9,11,13H,3-4,6,8,10H2,1-2H3,(H,14,17). The third-order valence-corrected chi connectivity index (χ3v) is 2.57. The number of amides is 1. The highest BCUT2D eigenvalue weighted by molar-refractivity contribution is 5.81. The quantitative estimate of drug-likeness (QED) is 0.658. The molecule has 0 radical (unpaired) electrons. The fourth-order valence-corrected chi connectivity index (χ4v) is 1.46. The number of nitrogens with one attached hydrogen (secondary N) is 2. The van der Waals surface area contributed by atoms with Crippen LogP contribution in [-0.2, 0) is 11.3 Å². The maximum Gasteiger partial charge on any atom is 0.236 e. The van der Waals surface area contributed by atoms with Crippen molar-refractivity contribution in [3.63, 3.8) is 0 Å². The summed E-state index contributed by atoms with van der Waals surface area (Å²) < 4.78 is 1.84. The molecule has 96 valence electrons. The molecule has 2 N–H and O–H groups in total. The zero-order valence-electron chi connectivity index (χ0n) is 10.6. The number of aromatic nitrogens is 2. The van der Waals surface area contributed by atoms with E-state index in [1.165, 1.54) is 0 Å². The van der Waals surface area contributed by atoms with Crippen molar-refractivity contribution >= 4 is 5.91 Å². The minimum absolute atomic E-state index is 0.0684. The van der Waals surface area contributed by atoms with E-state index in [4.69, 9.17) is 0 Å². The second-order valence-corrected chi connectivity index (χ2v) is 4.09. The van der Waals surface area contributed by atoms with Crippen LogP contribution in [0.1, 0.15) is 26.7 Å². The molecular weight excluding hydrogens is 216 g/mol. The Bertz CT molecular complexity index is 310. The normalized spacial score (nSPS) is 12.4. The molecule has 0 aliphatic heterocycles. The maximum absolute atomic E-state index is 11.6. The van der Waals surface area contributed by atoms with Gasteiger partial charge >= 0.3 is 0 Å². The van der Waals surface area contributed by atoms with Crippen molar-refractivity contribution in [2.75, 3.05) is 13.1 Å². The summed E-state index contributed by atoms with van der Waals surface area (Å²) in [6.45, 7) is 6.27. The van der Waals surface area contributed by atoms with Crippen LogP contribution in [0.3, 0.4) is 0 Å². The van der Waals surface area contributed by atoms with Crippen LogP contribution in [-0.4, -0.2) is 34.8 Å². The number of carbonyl (C=O) groups is 1. The van der Waals surface area contributed by atoms with E-state index >= 15 is 0 Å². The summed E-state index contributed by atoms with van der Waals surface area (Å²) in [6, 6.07) is 1.74. The minimum Gasteiger partial charge on any atom is -0.355 e. The molecule has 5 nitrogen and oxygen atoms in total. The number of hydrogen-bond donors (Lipinski definition) is 2. The van der Waals surface area contributed by atoms with Crippen LogP contribution in [0.25, 0.3) is 0 Å². The van der Waals surface area contributed by atoms with Crippen molar-refractivity contribution in [2.45, 2.75) is 39.3 Å². The Balaban J connectivity index is 2.11. The van der Waals surface area contributed by atoms with Crippen molar-refractivity contribution in [1.82, 2.24) is 20.4 Å². The molecule has 0 aromatic carbocycles. The number of rotatable bonds is 8. The van der Waals surface area contributed by atoms with Crippen LogP contribution in [0.2, 0.25) is 0 Å². The highest BCUT2D eigenvalue weighted by Crippen LogP contribution is 1.87. The third-order valence-electron chi connectivity index (χ3n) is 2.57. The molecule has 1 unspecified atom stereocenters. The van der Waals surface area contributed by atoms with Crippen molar-refractivity contribution < 1.29 is 4.79 Å². The summed E-state index contributed by atoms with van der Waals surface area (Å²) in [6.07, 6.45) is 5.79. The lowest BCUT2D eigenvalue weighted by atomic mass is 10.3. The van der Waals surface area contributed by atoms with Crippen LogP contribution in [0.5, 0.6) is 0 Å². The van der Waals surface area contributed by atoms with Crippen molar-refractivity contribution in [3.8, 4) is 0 Å². The Morgan fingerprint density at radius 2 is 2.29 bits per heavy atom. The molecule has 1 aromatic heterocycles. The topological polar surface area (TPSA) is 59.0 Å². The Hall–Kier alpha value is -1.36. The molecule has 5 heteroatoms. The first-order valence-corrected chi connectivity index (χ1v) is 6.22. The van der Waals surface area contributed by atoms with Gasteiger partial charge in [0.15, 0.2) is 0 Å². The van der Waals surface area contributed by atoms with Gasteiger partial charge in [0.25, 0.3) is 0 Å². The average molecular weight is 238 g/mol. The molecular formula is C12H22N4O. The fourth-order valence-electron chi connectivity index (χ4n) is 1.46. The second-order valence-electron chi connectivity index (χ2n) is 4.09. The number of hydrogen-bond acceptors (Lipinski definition) is 3. The zero-order valence-corrected chi connectivity index (χ0v) is 10.6. The molecule has 1 rings (SSSR count). The van der Waals surface area contributed by atoms with E-state index in [0.29, 0.717) is 0 Å². The highest BCUT2D eigenvalue weighted by Gasteiger charge is 2.10. The monoisotopic (exact) mass is 238 g/mol. The molecule has 1 heterocycles. The molecule has 0 aliphatic rings. The zero-order chi connectivity index (χ0) is 12.5. The molecule has 0 bridgehead atoms. The van der Waals surface area contributed by atoms with Crippen molar-refractivity contribution in [1.29, 1.82) is 0 Å². The van der Waals surface area contributed by atoms with Gasteiger partial charge in [0.2, 0.25) is 5.91 Å². The van der Waals surface area contributed by atoms with Gasteiger partial charge in [0.05, 0.1) is 12.6 Å². The maximum atomic E-state index is 11.6. The van der Waals surface area contributed by atoms with Gasteiger partial charge in [0, 0.05) is 25.5 Å². The molecule has 1 atom stereocenters. The third kappa shape index (κ3) is 5.49. The van der Waals surface area contributed by atoms with Crippen molar-refractivity contribution in [2.24, 2.45) is 0 Å². The summed E-state index contributed by atoms with van der Waals surface area (Å²) in [5.41, 5.74) is 0. The summed E-state index contributed by atoms with van der Waals surface area (Å²) in [5.74, 6) is 0.0684. The Morgan fingerprint density at radius 3 is 2.94 bits per heavy atom. The molecule has 0 aliphatic carbocycles. The van der Waals surface area contributed by atoms with Crippen LogP contribution in [0, 0.1) is 0 Å². The van der Waals surface area contributed by atoms with E-state index in [1.807, 2.05) is 23.9 Å². The van der Waals surface area contributed by atoms with Crippen LogP contribution >= 0.6 is 0 Å². The Morgan fingerprint density at radius 1 is 1.47 bits per heavy atom. The number of unbranched alkanes of at least 4 members (excludes halogenated alkanes) is 1. The van der Waals surface area contributed by atoms with E-state index in [9.17, 15) is 4.79 Å². The Labute approximate surface area is 103 Å². The first-order valence-electron chi connectivity index (χ1n) is 6.22. The molecule has 0 saturated heterocycles. The van der Waals surface area contributed by atoms with Gasteiger partial charge in [-0.05, 0) is 19.4 Å². The first-order chi connectivity index (χ1) is 8.24. The number of carbonyl (C=O) groups excluding carboxylic acids is 1. The van der Waals surface area contributed by atoms with Gasteiger partial charge < -0.3 is 10.6 Å². The van der Waals surface area contributed by atoms with Gasteiger partial charge in [-0.1, -0.05) is 13.3 Å². The van der Waals surface area contributed by atoms with Gasteiger partial charge in [0.1, 0.15) is 0 Å². The highest BCUT2D eigenvalue weighted by atomic mass is 16.2. The predicted octanol–water partition coefficient (Wildman–Crippen LogP) is 0.777. The fraction of sp³-hybridized carbons (Fsp3) is 0.667. The average Bonchev–Trinajstić information content (AvgIpc) is 2.82. The van der Waals surface area contributed by atoms with Crippen LogP contribution < -0.4 is 10.6 Å². The smallest absolute Gasteiger partial charge is 0.236 e. The number of nitrogens with zero attached hydrogens (tertiary/aromatic N) is 2. The van der Waals surface area contributed by atoms with Gasteiger partial charge in [-0.3, -0.25) is 9.48 Å². The van der Waals surface area contributed by atoms with E-state index in [-0.39, 0.29) is 11.9 Å². The summed E-state index contributed by atoms with van der Waals surface area (Å²) in [4.78, 5) is 11.6. The van der Waals surface area contributed by atoms with E-state index < -0.39 is 0 Å². The first kappa shape index (κ1) is 13.7. The SMILES string of the molecule is CCCCNC(=O)C(C)NCCn1cccn1. The van der Waals surface area contributed by atoms with E-state index in [1.54, 1.807) is 6.20 Å². The predicted molar refractivity (Wildman–Crippen MR) is 67.6 cm³/mol. The second kappa shape index (κ2) is 7.84. The van der Waals surface area contributed by atoms with Gasteiger partial charge in [-0.2, -0.15) is 5.10 Å². The molecule has 0 fully saturated rings. The molecule has 0 spiro atoms. The summed E-state index contributed by atoms with van der Waals surface area (Å²) in [7, 11) is 0. The van der Waals surface area contributed by atoms with E-state index in [2.05, 4.69) is 22.7 Å². The van der Waals surface area contributed by atoms with Crippen LogP contribution in [0.4, 0.5) is 0 Å². The largest absolute Gasteiger partial charge is 0.355 e. The Kier molecular flexibility index (Phi) is 6.32. The lowest BCUT2D eigenvalue weighted by molar-refractivity contribution is -0.122. The lowest BCUT2D eigenvalue weighted by Gasteiger charge is -2.13. The molecule has 0 saturated carbocycles. The van der Waals surface area contributed by atoms with Gasteiger partial charge in [-0.25, -0.2) is 0 Å². The van der Waals surface area contributed by atoms with Crippen LogP contribution in [0.15, 0.2) is 18.5 Å². The summed E-state index contributed by atoms with van der Waals surface area (Å²) in [5, 5.41) is 10.2. The van der Waals surface area contributed by atoms with E-state index in [0.717, 1.165) is 32.5 Å².